The summed E-state index contributed by atoms with van der Waals surface area (Å²) >= 11 is 1.52. The van der Waals surface area contributed by atoms with E-state index < -0.39 is 0 Å². The van der Waals surface area contributed by atoms with Crippen LogP contribution in [0.3, 0.4) is 0 Å². The van der Waals surface area contributed by atoms with Crippen molar-refractivity contribution in [3.63, 3.8) is 0 Å². The zero-order valence-electron chi connectivity index (χ0n) is 15.4. The molecular weight excluding hydrogens is 344 g/mol. The summed E-state index contributed by atoms with van der Waals surface area (Å²) in [4.78, 5) is 12.8. The van der Waals surface area contributed by atoms with Gasteiger partial charge in [-0.3, -0.25) is 4.79 Å². The van der Waals surface area contributed by atoms with Crippen molar-refractivity contribution in [1.82, 2.24) is 20.1 Å². The molecule has 0 spiro atoms. The largest absolute Gasteiger partial charge is 0.348 e. The second-order valence-electron chi connectivity index (χ2n) is 7.27. The van der Waals surface area contributed by atoms with E-state index in [0.29, 0.717) is 5.92 Å². The van der Waals surface area contributed by atoms with Crippen LogP contribution in [0.2, 0.25) is 0 Å². The molecule has 1 heterocycles. The monoisotopic (exact) mass is 370 g/mol. The van der Waals surface area contributed by atoms with Gasteiger partial charge in [-0.1, -0.05) is 36.0 Å². The first-order valence-electron chi connectivity index (χ1n) is 9.65. The smallest absolute Gasteiger partial charge is 0.233 e. The van der Waals surface area contributed by atoms with Crippen LogP contribution in [0, 0.1) is 0 Å². The molecule has 0 aliphatic heterocycles. The van der Waals surface area contributed by atoms with E-state index in [9.17, 15) is 4.79 Å². The fourth-order valence-electron chi connectivity index (χ4n) is 3.73. The highest BCUT2D eigenvalue weighted by Crippen LogP contribution is 2.40. The minimum Gasteiger partial charge on any atom is -0.348 e. The third-order valence-electron chi connectivity index (χ3n) is 5.34. The first kappa shape index (κ1) is 17.6. The lowest BCUT2D eigenvalue weighted by molar-refractivity contribution is -0.121. The molecule has 1 N–H and O–H groups in total. The number of carbonyl (C=O) groups is 1. The van der Waals surface area contributed by atoms with Gasteiger partial charge in [0.15, 0.2) is 5.16 Å². The van der Waals surface area contributed by atoms with E-state index in [4.69, 9.17) is 0 Å². The molecule has 4 rings (SSSR count). The molecule has 1 amide bonds. The van der Waals surface area contributed by atoms with Gasteiger partial charge in [-0.25, -0.2) is 0 Å². The number of hydrogen-bond acceptors (Lipinski definition) is 4. The summed E-state index contributed by atoms with van der Waals surface area (Å²) in [6, 6.07) is 8.59. The fraction of sp³-hybridized carbons (Fsp3) is 0.550. The Hall–Kier alpha value is -1.82. The standard InChI is InChI=1S/C20H26N4OS/c1-3-24-18(15-11-12-15)22-23-20(24)26-13(2)19(25)21-17-10-6-8-14-7-4-5-9-16(14)17/h4-5,7,9,13,15,17H,3,6,8,10-12H2,1-2H3,(H,21,25)/t13-,17-/m0/s1. The molecule has 1 aromatic carbocycles. The molecule has 0 unspecified atom stereocenters. The lowest BCUT2D eigenvalue weighted by Crippen LogP contribution is -2.36. The van der Waals surface area contributed by atoms with Crippen molar-refractivity contribution < 1.29 is 4.79 Å². The molecule has 0 radical (unpaired) electrons. The summed E-state index contributed by atoms with van der Waals surface area (Å²) in [6.07, 6.45) is 5.66. The van der Waals surface area contributed by atoms with Crippen LogP contribution in [0.25, 0.3) is 0 Å². The predicted octanol–water partition coefficient (Wildman–Crippen LogP) is 3.85. The molecule has 2 aromatic rings. The summed E-state index contributed by atoms with van der Waals surface area (Å²) in [5.41, 5.74) is 2.64. The molecule has 0 bridgehead atoms. The van der Waals surface area contributed by atoms with Crippen LogP contribution in [-0.4, -0.2) is 25.9 Å². The van der Waals surface area contributed by atoms with Crippen molar-refractivity contribution in [1.29, 1.82) is 0 Å². The van der Waals surface area contributed by atoms with Crippen LogP contribution in [0.4, 0.5) is 0 Å². The number of benzene rings is 1. The van der Waals surface area contributed by atoms with Crippen LogP contribution in [0.1, 0.15) is 68.4 Å². The van der Waals surface area contributed by atoms with Crippen LogP contribution >= 0.6 is 11.8 Å². The maximum atomic E-state index is 12.8. The van der Waals surface area contributed by atoms with Crippen molar-refractivity contribution in [3.05, 3.63) is 41.2 Å². The number of fused-ring (bicyclic) bond motifs is 1. The van der Waals surface area contributed by atoms with E-state index in [0.717, 1.165) is 36.8 Å². The minimum atomic E-state index is -0.189. The number of amides is 1. The van der Waals surface area contributed by atoms with Gasteiger partial charge in [0.2, 0.25) is 5.91 Å². The molecule has 6 heteroatoms. The summed E-state index contributed by atoms with van der Waals surface area (Å²) in [5, 5.41) is 12.6. The molecule has 1 aromatic heterocycles. The normalized spacial score (nSPS) is 20.5. The maximum Gasteiger partial charge on any atom is 0.233 e. The van der Waals surface area contributed by atoms with Crippen molar-refractivity contribution in [2.24, 2.45) is 0 Å². The molecular formula is C20H26N4OS. The van der Waals surface area contributed by atoms with E-state index in [1.807, 2.05) is 6.92 Å². The Kier molecular flexibility index (Phi) is 5.02. The lowest BCUT2D eigenvalue weighted by Gasteiger charge is -2.27. The van der Waals surface area contributed by atoms with Crippen LogP contribution in [-0.2, 0) is 17.8 Å². The van der Waals surface area contributed by atoms with Gasteiger partial charge < -0.3 is 9.88 Å². The highest BCUT2D eigenvalue weighted by molar-refractivity contribution is 8.00. The molecule has 2 aliphatic carbocycles. The number of thioether (sulfide) groups is 1. The van der Waals surface area contributed by atoms with E-state index >= 15 is 0 Å². The van der Waals surface area contributed by atoms with Crippen LogP contribution < -0.4 is 5.32 Å². The van der Waals surface area contributed by atoms with Gasteiger partial charge in [-0.2, -0.15) is 0 Å². The first-order valence-corrected chi connectivity index (χ1v) is 10.5. The minimum absolute atomic E-state index is 0.0790. The SMILES string of the molecule is CCn1c(S[C@@H](C)C(=O)N[C@H]2CCCc3ccccc32)nnc1C1CC1. The maximum absolute atomic E-state index is 12.8. The Morgan fingerprint density at radius 3 is 2.88 bits per heavy atom. The van der Waals surface area contributed by atoms with Gasteiger partial charge in [0.25, 0.3) is 0 Å². The fourth-order valence-corrected chi connectivity index (χ4v) is 4.66. The van der Waals surface area contributed by atoms with Crippen molar-refractivity contribution in [3.8, 4) is 0 Å². The second-order valence-corrected chi connectivity index (χ2v) is 8.58. The van der Waals surface area contributed by atoms with E-state index in [-0.39, 0.29) is 17.2 Å². The van der Waals surface area contributed by atoms with Gasteiger partial charge in [0, 0.05) is 12.5 Å². The molecule has 1 fully saturated rings. The Morgan fingerprint density at radius 1 is 1.31 bits per heavy atom. The Bertz CT molecular complexity index is 799. The Balaban J connectivity index is 1.43. The third kappa shape index (κ3) is 3.52. The average Bonchev–Trinajstić information content (AvgIpc) is 3.43. The third-order valence-corrected chi connectivity index (χ3v) is 6.42. The number of aryl methyl sites for hydroxylation is 1. The van der Waals surface area contributed by atoms with E-state index in [2.05, 4.69) is 51.3 Å². The summed E-state index contributed by atoms with van der Waals surface area (Å²) in [7, 11) is 0. The summed E-state index contributed by atoms with van der Waals surface area (Å²) < 4.78 is 2.17. The summed E-state index contributed by atoms with van der Waals surface area (Å²) in [5.74, 6) is 1.74. The number of carbonyl (C=O) groups excluding carboxylic acids is 1. The first-order chi connectivity index (χ1) is 12.7. The zero-order chi connectivity index (χ0) is 18.1. The molecule has 26 heavy (non-hydrogen) atoms. The number of hydrogen-bond donors (Lipinski definition) is 1. The van der Waals surface area contributed by atoms with Gasteiger partial charge in [-0.05, 0) is 57.1 Å². The van der Waals surface area contributed by atoms with E-state index in [1.165, 1.54) is 35.7 Å². The molecule has 2 atom stereocenters. The highest BCUT2D eigenvalue weighted by Gasteiger charge is 2.31. The highest BCUT2D eigenvalue weighted by atomic mass is 32.2. The number of rotatable bonds is 6. The molecule has 1 saturated carbocycles. The van der Waals surface area contributed by atoms with Gasteiger partial charge >= 0.3 is 0 Å². The molecule has 5 nitrogen and oxygen atoms in total. The number of nitrogens with one attached hydrogen (secondary N) is 1. The van der Waals surface area contributed by atoms with Crippen LogP contribution in [0.15, 0.2) is 29.4 Å². The van der Waals surface area contributed by atoms with Gasteiger partial charge in [0.1, 0.15) is 5.82 Å². The zero-order valence-corrected chi connectivity index (χ0v) is 16.3. The Labute approximate surface area is 159 Å². The Morgan fingerprint density at radius 2 is 2.12 bits per heavy atom. The molecule has 0 saturated heterocycles. The van der Waals surface area contributed by atoms with Crippen LogP contribution in [0.5, 0.6) is 0 Å². The van der Waals surface area contributed by atoms with Crippen molar-refractivity contribution in [2.75, 3.05) is 0 Å². The second kappa shape index (κ2) is 7.43. The number of aromatic nitrogens is 3. The molecule has 138 valence electrons. The molecule has 2 aliphatic rings. The predicted molar refractivity (Wildman–Crippen MR) is 103 cm³/mol. The van der Waals surface area contributed by atoms with Crippen molar-refractivity contribution in [2.45, 2.75) is 74.9 Å². The lowest BCUT2D eigenvalue weighted by atomic mass is 9.88. The summed E-state index contributed by atoms with van der Waals surface area (Å²) in [6.45, 7) is 4.93. The van der Waals surface area contributed by atoms with Gasteiger partial charge in [-0.15, -0.1) is 10.2 Å². The average molecular weight is 371 g/mol. The topological polar surface area (TPSA) is 59.8 Å². The number of nitrogens with zero attached hydrogens (tertiary/aromatic N) is 3. The quantitative estimate of drug-likeness (QED) is 0.785. The van der Waals surface area contributed by atoms with Gasteiger partial charge in [0.05, 0.1) is 11.3 Å². The van der Waals surface area contributed by atoms with E-state index in [1.54, 1.807) is 0 Å². The van der Waals surface area contributed by atoms with Crippen molar-refractivity contribution >= 4 is 17.7 Å².